The Kier molecular flexibility index (Phi) is 5.35. The van der Waals surface area contributed by atoms with E-state index in [1.54, 1.807) is 4.80 Å². The largest absolute Gasteiger partial charge is 0.326 e. The lowest BCUT2D eigenvalue weighted by Gasteiger charge is -2.09. The molecule has 0 aliphatic carbocycles. The molecule has 3 aromatic rings. The number of rotatable bonds is 6. The van der Waals surface area contributed by atoms with Gasteiger partial charge in [0.05, 0.1) is 5.69 Å². The van der Waals surface area contributed by atoms with E-state index in [0.29, 0.717) is 0 Å². The minimum atomic E-state index is -0.0630. The van der Waals surface area contributed by atoms with Crippen LogP contribution in [-0.2, 0) is 11.2 Å². The topological polar surface area (TPSA) is 59.8 Å². The van der Waals surface area contributed by atoms with Crippen molar-refractivity contribution in [3.05, 3.63) is 47.5 Å². The zero-order chi connectivity index (χ0) is 18.7. The van der Waals surface area contributed by atoms with Gasteiger partial charge in [-0.05, 0) is 55.2 Å². The zero-order valence-corrected chi connectivity index (χ0v) is 15.9. The molecule has 5 heteroatoms. The summed E-state index contributed by atoms with van der Waals surface area (Å²) in [7, 11) is 0. The summed E-state index contributed by atoms with van der Waals surface area (Å²) in [6.07, 6.45) is 3.50. The summed E-state index contributed by atoms with van der Waals surface area (Å²) in [6.45, 7) is 7.93. The van der Waals surface area contributed by atoms with Gasteiger partial charge in [0, 0.05) is 11.6 Å². The molecule has 5 nitrogen and oxygen atoms in total. The summed E-state index contributed by atoms with van der Waals surface area (Å²) in [4.78, 5) is 13.6. The summed E-state index contributed by atoms with van der Waals surface area (Å²) >= 11 is 0. The normalized spacial score (nSPS) is 11.3. The molecule has 0 fully saturated rings. The van der Waals surface area contributed by atoms with Crippen molar-refractivity contribution in [1.29, 1.82) is 0 Å². The van der Waals surface area contributed by atoms with E-state index < -0.39 is 0 Å². The molecule has 1 amide bonds. The van der Waals surface area contributed by atoms with Crippen molar-refractivity contribution in [2.75, 3.05) is 5.32 Å². The number of nitrogens with one attached hydrogen (secondary N) is 1. The van der Waals surface area contributed by atoms with Gasteiger partial charge in [-0.2, -0.15) is 4.80 Å². The number of carbonyl (C=O) groups excluding carboxylic acids is 1. The van der Waals surface area contributed by atoms with Crippen LogP contribution in [0.25, 0.3) is 16.7 Å². The fourth-order valence-corrected chi connectivity index (χ4v) is 2.77. The fraction of sp³-hybridized carbons (Fsp3) is 0.381. The van der Waals surface area contributed by atoms with Crippen LogP contribution in [0, 0.1) is 12.8 Å². The van der Waals surface area contributed by atoms with Gasteiger partial charge < -0.3 is 5.32 Å². The molecular weight excluding hydrogens is 324 g/mol. The van der Waals surface area contributed by atoms with Crippen molar-refractivity contribution in [2.45, 2.75) is 47.0 Å². The highest BCUT2D eigenvalue weighted by atomic mass is 16.1. The highest BCUT2D eigenvalue weighted by Crippen LogP contribution is 2.23. The van der Waals surface area contributed by atoms with Gasteiger partial charge in [0.1, 0.15) is 11.0 Å². The minimum absolute atomic E-state index is 0.00232. The fourth-order valence-electron chi connectivity index (χ4n) is 2.77. The molecule has 0 radical (unpaired) electrons. The molecule has 0 saturated heterocycles. The Hall–Kier alpha value is -2.69. The van der Waals surface area contributed by atoms with Crippen LogP contribution >= 0.6 is 0 Å². The zero-order valence-electron chi connectivity index (χ0n) is 15.9. The van der Waals surface area contributed by atoms with E-state index in [-0.39, 0.29) is 11.8 Å². The van der Waals surface area contributed by atoms with Gasteiger partial charge >= 0.3 is 0 Å². The number of unbranched alkanes of at least 4 members (excludes halogenated alkanes) is 1. The van der Waals surface area contributed by atoms with Gasteiger partial charge in [-0.15, -0.1) is 10.2 Å². The molecule has 0 saturated carbocycles. The summed E-state index contributed by atoms with van der Waals surface area (Å²) in [5.74, 6) is -0.0606. The van der Waals surface area contributed by atoms with Crippen LogP contribution in [0.3, 0.4) is 0 Å². The van der Waals surface area contributed by atoms with Gasteiger partial charge in [0.2, 0.25) is 5.91 Å². The van der Waals surface area contributed by atoms with E-state index in [4.69, 9.17) is 0 Å². The molecule has 0 aliphatic rings. The van der Waals surface area contributed by atoms with Crippen molar-refractivity contribution < 1.29 is 4.79 Å². The van der Waals surface area contributed by atoms with Gasteiger partial charge in [0.15, 0.2) is 0 Å². The SMILES string of the molecule is CCCCc1ccc(-n2nc3cc(C)c(NC(=O)C(C)C)cc3n2)cc1. The maximum atomic E-state index is 12.0. The molecule has 0 aliphatic heterocycles. The monoisotopic (exact) mass is 350 g/mol. The van der Waals surface area contributed by atoms with Crippen LogP contribution in [0.4, 0.5) is 5.69 Å². The van der Waals surface area contributed by atoms with Crippen LogP contribution in [0.2, 0.25) is 0 Å². The molecule has 3 rings (SSSR count). The number of benzene rings is 2. The Morgan fingerprint density at radius 1 is 1.12 bits per heavy atom. The molecule has 0 spiro atoms. The van der Waals surface area contributed by atoms with Crippen LogP contribution in [0.5, 0.6) is 0 Å². The van der Waals surface area contributed by atoms with Crippen molar-refractivity contribution in [2.24, 2.45) is 5.92 Å². The Bertz CT molecular complexity index is 910. The first-order valence-corrected chi connectivity index (χ1v) is 9.26. The molecule has 2 aromatic carbocycles. The number of anilines is 1. The summed E-state index contributed by atoms with van der Waals surface area (Å²) in [6, 6.07) is 12.2. The van der Waals surface area contributed by atoms with Crippen molar-refractivity contribution in [3.63, 3.8) is 0 Å². The van der Waals surface area contributed by atoms with Gasteiger partial charge in [-0.1, -0.05) is 39.3 Å². The molecular formula is C21H26N4O. The molecule has 1 N–H and O–H groups in total. The number of aryl methyl sites for hydroxylation is 2. The molecule has 136 valence electrons. The van der Waals surface area contributed by atoms with Crippen molar-refractivity contribution >= 4 is 22.6 Å². The number of aromatic nitrogens is 3. The third kappa shape index (κ3) is 3.93. The van der Waals surface area contributed by atoms with Gasteiger partial charge in [-0.25, -0.2) is 0 Å². The van der Waals surface area contributed by atoms with E-state index in [2.05, 4.69) is 46.7 Å². The Balaban J connectivity index is 1.88. The average Bonchev–Trinajstić information content (AvgIpc) is 3.03. The predicted octanol–water partition coefficient (Wildman–Crippen LogP) is 4.67. The number of hydrogen-bond acceptors (Lipinski definition) is 3. The lowest BCUT2D eigenvalue weighted by Crippen LogP contribution is -2.18. The lowest BCUT2D eigenvalue weighted by molar-refractivity contribution is -0.118. The minimum Gasteiger partial charge on any atom is -0.326 e. The van der Waals surface area contributed by atoms with Crippen molar-refractivity contribution in [3.8, 4) is 5.69 Å². The van der Waals surface area contributed by atoms with Crippen LogP contribution in [0.15, 0.2) is 36.4 Å². The third-order valence-corrected chi connectivity index (χ3v) is 4.49. The molecule has 0 atom stereocenters. The summed E-state index contributed by atoms with van der Waals surface area (Å²) in [5, 5.41) is 12.1. The Morgan fingerprint density at radius 3 is 2.38 bits per heavy atom. The standard InChI is InChI=1S/C21H26N4O/c1-5-6-7-16-8-10-17(11-9-16)25-23-19-12-15(4)18(13-20(19)24-25)22-21(26)14(2)3/h8-14H,5-7H2,1-4H3,(H,22,26). The second-order valence-electron chi connectivity index (χ2n) is 7.06. The third-order valence-electron chi connectivity index (χ3n) is 4.49. The Labute approximate surface area is 154 Å². The van der Waals surface area contributed by atoms with E-state index in [1.165, 1.54) is 18.4 Å². The number of fused-ring (bicyclic) bond motifs is 1. The number of nitrogens with zero attached hydrogens (tertiary/aromatic N) is 3. The van der Waals surface area contributed by atoms with Gasteiger partial charge in [-0.3, -0.25) is 4.79 Å². The first kappa shape index (κ1) is 18.1. The number of amides is 1. The Morgan fingerprint density at radius 2 is 1.77 bits per heavy atom. The first-order chi connectivity index (χ1) is 12.5. The first-order valence-electron chi connectivity index (χ1n) is 9.26. The maximum Gasteiger partial charge on any atom is 0.226 e. The molecule has 26 heavy (non-hydrogen) atoms. The molecule has 0 unspecified atom stereocenters. The second kappa shape index (κ2) is 7.68. The maximum absolute atomic E-state index is 12.0. The quantitative estimate of drug-likeness (QED) is 0.703. The van der Waals surface area contributed by atoms with Crippen molar-refractivity contribution in [1.82, 2.24) is 15.0 Å². The van der Waals surface area contributed by atoms with Gasteiger partial charge in [0.25, 0.3) is 0 Å². The number of carbonyl (C=O) groups is 1. The van der Waals surface area contributed by atoms with E-state index >= 15 is 0 Å². The molecule has 0 bridgehead atoms. The van der Waals surface area contributed by atoms with E-state index in [9.17, 15) is 4.79 Å². The average molecular weight is 350 g/mol. The molecule has 1 aromatic heterocycles. The summed E-state index contributed by atoms with van der Waals surface area (Å²) < 4.78 is 0. The highest BCUT2D eigenvalue weighted by Gasteiger charge is 2.12. The molecule has 1 heterocycles. The smallest absolute Gasteiger partial charge is 0.226 e. The predicted molar refractivity (Wildman–Crippen MR) is 106 cm³/mol. The highest BCUT2D eigenvalue weighted by molar-refractivity contribution is 5.95. The number of hydrogen-bond donors (Lipinski definition) is 1. The van der Waals surface area contributed by atoms with E-state index in [1.807, 2.05) is 32.9 Å². The lowest BCUT2D eigenvalue weighted by atomic mass is 10.1. The van der Waals surface area contributed by atoms with E-state index in [0.717, 1.165) is 34.4 Å². The second-order valence-corrected chi connectivity index (χ2v) is 7.06. The van der Waals surface area contributed by atoms with Crippen LogP contribution < -0.4 is 5.32 Å². The van der Waals surface area contributed by atoms with Crippen LogP contribution in [-0.4, -0.2) is 20.9 Å². The van der Waals surface area contributed by atoms with Crippen LogP contribution in [0.1, 0.15) is 44.7 Å². The summed E-state index contributed by atoms with van der Waals surface area (Å²) in [5.41, 5.74) is 5.63.